The van der Waals surface area contributed by atoms with Crippen molar-refractivity contribution in [3.63, 3.8) is 0 Å². The Bertz CT molecular complexity index is 409. The average molecular weight is 232 g/mol. The lowest BCUT2D eigenvalue weighted by molar-refractivity contribution is 0.414. The van der Waals surface area contributed by atoms with Gasteiger partial charge in [0.15, 0.2) is 0 Å². The normalized spacial score (nSPS) is 11.8. The monoisotopic (exact) mass is 232 g/mol. The summed E-state index contributed by atoms with van der Waals surface area (Å²) in [5, 5.41) is 0. The first kappa shape index (κ1) is 13.4. The third-order valence-corrected chi connectivity index (χ3v) is 2.19. The van der Waals surface area contributed by atoms with Crippen LogP contribution in [-0.2, 0) is 0 Å². The van der Waals surface area contributed by atoms with Gasteiger partial charge in [-0.2, -0.15) is 0 Å². The summed E-state index contributed by atoms with van der Waals surface area (Å²) in [6.45, 7) is 6.90. The Morgan fingerprint density at radius 3 is 2.65 bits per heavy atom. The fourth-order valence-electron chi connectivity index (χ4n) is 1.36. The number of rotatable bonds is 5. The molecule has 0 unspecified atom stereocenters. The van der Waals surface area contributed by atoms with Crippen LogP contribution in [0.1, 0.15) is 31.9 Å². The van der Waals surface area contributed by atoms with E-state index in [2.05, 4.69) is 9.98 Å². The summed E-state index contributed by atoms with van der Waals surface area (Å²) in [6.07, 6.45) is 3.72. The summed E-state index contributed by atoms with van der Waals surface area (Å²) < 4.78 is 5.30. The molecule has 0 aliphatic carbocycles. The molecule has 0 N–H and O–H groups in total. The first-order chi connectivity index (χ1) is 8.17. The summed E-state index contributed by atoms with van der Waals surface area (Å²) in [5.74, 6) is 0.836. The van der Waals surface area contributed by atoms with Crippen molar-refractivity contribution in [3.05, 3.63) is 29.3 Å². The fourth-order valence-corrected chi connectivity index (χ4v) is 1.36. The molecule has 17 heavy (non-hydrogen) atoms. The highest BCUT2D eigenvalue weighted by Gasteiger charge is 2.01. The second kappa shape index (κ2) is 6.84. The SMILES string of the molecule is CC/N=C/c1ccc(OC)c(/C=N/C(C)C)c1. The maximum atomic E-state index is 5.30. The van der Waals surface area contributed by atoms with E-state index in [1.807, 2.05) is 51.4 Å². The molecular formula is C14H20N2O. The van der Waals surface area contributed by atoms with Crippen molar-refractivity contribution >= 4 is 12.4 Å². The van der Waals surface area contributed by atoms with E-state index in [1.165, 1.54) is 0 Å². The summed E-state index contributed by atoms with van der Waals surface area (Å²) in [4.78, 5) is 8.60. The van der Waals surface area contributed by atoms with Gasteiger partial charge in [0, 0.05) is 30.6 Å². The molecule has 3 heteroatoms. The smallest absolute Gasteiger partial charge is 0.127 e. The van der Waals surface area contributed by atoms with E-state index in [0.29, 0.717) is 0 Å². The van der Waals surface area contributed by atoms with Gasteiger partial charge in [-0.25, -0.2) is 0 Å². The van der Waals surface area contributed by atoms with Crippen LogP contribution in [-0.4, -0.2) is 32.1 Å². The van der Waals surface area contributed by atoms with E-state index in [4.69, 9.17) is 4.74 Å². The third-order valence-electron chi connectivity index (χ3n) is 2.19. The molecule has 0 atom stereocenters. The van der Waals surface area contributed by atoms with Gasteiger partial charge in [0.1, 0.15) is 5.75 Å². The van der Waals surface area contributed by atoms with Gasteiger partial charge < -0.3 is 4.74 Å². The average Bonchev–Trinajstić information content (AvgIpc) is 2.33. The van der Waals surface area contributed by atoms with E-state index < -0.39 is 0 Å². The summed E-state index contributed by atoms with van der Waals surface area (Å²) in [6, 6.07) is 6.25. The number of aliphatic imine (C=N–C) groups is 2. The van der Waals surface area contributed by atoms with E-state index in [9.17, 15) is 0 Å². The maximum absolute atomic E-state index is 5.30. The lowest BCUT2D eigenvalue weighted by Crippen LogP contribution is -1.96. The number of methoxy groups -OCH3 is 1. The molecule has 1 aromatic carbocycles. The number of hydrogen-bond acceptors (Lipinski definition) is 3. The molecule has 0 aliphatic rings. The Hall–Kier alpha value is -1.64. The summed E-state index contributed by atoms with van der Waals surface area (Å²) >= 11 is 0. The zero-order valence-electron chi connectivity index (χ0n) is 11.0. The minimum atomic E-state index is 0.285. The number of ether oxygens (including phenoxy) is 1. The Kier molecular flexibility index (Phi) is 5.40. The lowest BCUT2D eigenvalue weighted by Gasteiger charge is -2.05. The zero-order chi connectivity index (χ0) is 12.7. The van der Waals surface area contributed by atoms with Crippen molar-refractivity contribution in [1.82, 2.24) is 0 Å². The predicted octanol–water partition coefficient (Wildman–Crippen LogP) is 2.96. The van der Waals surface area contributed by atoms with E-state index in [-0.39, 0.29) is 6.04 Å². The second-order valence-corrected chi connectivity index (χ2v) is 4.00. The van der Waals surface area contributed by atoms with Crippen LogP contribution in [0.3, 0.4) is 0 Å². The topological polar surface area (TPSA) is 34.0 Å². The van der Waals surface area contributed by atoms with Crippen LogP contribution in [0.25, 0.3) is 0 Å². The minimum absolute atomic E-state index is 0.285. The Morgan fingerprint density at radius 1 is 1.29 bits per heavy atom. The van der Waals surface area contributed by atoms with Crippen LogP contribution in [0.5, 0.6) is 5.75 Å². The van der Waals surface area contributed by atoms with Crippen molar-refractivity contribution < 1.29 is 4.74 Å². The third kappa shape index (κ3) is 4.39. The van der Waals surface area contributed by atoms with Crippen LogP contribution >= 0.6 is 0 Å². The van der Waals surface area contributed by atoms with Gasteiger partial charge >= 0.3 is 0 Å². The predicted molar refractivity (Wildman–Crippen MR) is 73.9 cm³/mol. The van der Waals surface area contributed by atoms with Crippen LogP contribution in [0.2, 0.25) is 0 Å². The van der Waals surface area contributed by atoms with Gasteiger partial charge in [0.25, 0.3) is 0 Å². The number of hydrogen-bond donors (Lipinski definition) is 0. The summed E-state index contributed by atoms with van der Waals surface area (Å²) in [5.41, 5.74) is 2.05. The molecule has 0 amide bonds. The van der Waals surface area contributed by atoms with E-state index >= 15 is 0 Å². The van der Waals surface area contributed by atoms with Gasteiger partial charge in [0.2, 0.25) is 0 Å². The van der Waals surface area contributed by atoms with E-state index in [0.717, 1.165) is 23.4 Å². The van der Waals surface area contributed by atoms with Crippen molar-refractivity contribution in [1.29, 1.82) is 0 Å². The maximum Gasteiger partial charge on any atom is 0.127 e. The van der Waals surface area contributed by atoms with Gasteiger partial charge in [0.05, 0.1) is 7.11 Å². The molecule has 0 fully saturated rings. The van der Waals surface area contributed by atoms with Crippen LogP contribution in [0, 0.1) is 0 Å². The van der Waals surface area contributed by atoms with Crippen molar-refractivity contribution in [2.75, 3.05) is 13.7 Å². The Labute approximate surface area is 103 Å². The first-order valence-electron chi connectivity index (χ1n) is 5.88. The highest BCUT2D eigenvalue weighted by molar-refractivity contribution is 5.88. The van der Waals surface area contributed by atoms with Crippen molar-refractivity contribution in [2.45, 2.75) is 26.8 Å². The lowest BCUT2D eigenvalue weighted by atomic mass is 10.1. The first-order valence-corrected chi connectivity index (χ1v) is 5.88. The molecular weight excluding hydrogens is 212 g/mol. The molecule has 92 valence electrons. The largest absolute Gasteiger partial charge is 0.496 e. The fraction of sp³-hybridized carbons (Fsp3) is 0.429. The van der Waals surface area contributed by atoms with E-state index in [1.54, 1.807) is 7.11 Å². The highest BCUT2D eigenvalue weighted by Crippen LogP contribution is 2.17. The molecule has 0 spiro atoms. The molecule has 0 saturated heterocycles. The second-order valence-electron chi connectivity index (χ2n) is 4.00. The molecule has 0 aliphatic heterocycles. The Balaban J connectivity index is 3.02. The molecule has 3 nitrogen and oxygen atoms in total. The standard InChI is InChI=1S/C14H20N2O/c1-5-15-9-12-6-7-14(17-4)13(8-12)10-16-11(2)3/h6-11H,5H2,1-4H3/b15-9+,16-10+. The van der Waals surface area contributed by atoms with Gasteiger partial charge in [-0.3, -0.25) is 9.98 Å². The quantitative estimate of drug-likeness (QED) is 0.719. The molecule has 1 rings (SSSR count). The number of nitrogens with zero attached hydrogens (tertiary/aromatic N) is 2. The van der Waals surface area contributed by atoms with Crippen LogP contribution in [0.4, 0.5) is 0 Å². The molecule has 0 saturated carbocycles. The zero-order valence-corrected chi connectivity index (χ0v) is 11.0. The minimum Gasteiger partial charge on any atom is -0.496 e. The molecule has 1 aromatic rings. The van der Waals surface area contributed by atoms with Crippen LogP contribution < -0.4 is 4.74 Å². The number of benzene rings is 1. The molecule has 0 radical (unpaired) electrons. The van der Waals surface area contributed by atoms with Crippen molar-refractivity contribution in [2.24, 2.45) is 9.98 Å². The summed E-state index contributed by atoms with van der Waals surface area (Å²) in [7, 11) is 1.67. The van der Waals surface area contributed by atoms with Gasteiger partial charge in [-0.1, -0.05) is 0 Å². The Morgan fingerprint density at radius 2 is 2.06 bits per heavy atom. The molecule has 0 bridgehead atoms. The molecule has 0 aromatic heterocycles. The highest BCUT2D eigenvalue weighted by atomic mass is 16.5. The molecule has 0 heterocycles. The van der Waals surface area contributed by atoms with Gasteiger partial charge in [-0.05, 0) is 44.5 Å². The van der Waals surface area contributed by atoms with Crippen LogP contribution in [0.15, 0.2) is 28.2 Å². The van der Waals surface area contributed by atoms with Gasteiger partial charge in [-0.15, -0.1) is 0 Å². The van der Waals surface area contributed by atoms with Crippen molar-refractivity contribution in [3.8, 4) is 5.75 Å².